The number of likely N-dealkylation sites (N-methyl/N-ethyl adjacent to an activating group) is 1. The van der Waals surface area contributed by atoms with Gasteiger partial charge in [-0.2, -0.15) is 0 Å². The monoisotopic (exact) mass is 957 g/mol. The molecule has 18 heteroatoms. The van der Waals surface area contributed by atoms with E-state index in [1.165, 1.54) is 28.8 Å². The smallest absolute Gasteiger partial charge is 0.416 e. The van der Waals surface area contributed by atoms with Gasteiger partial charge in [0.1, 0.15) is 23.9 Å². The number of carbonyl (C=O) groups is 4. The number of aromatic nitrogens is 5. The van der Waals surface area contributed by atoms with E-state index in [9.17, 15) is 38.9 Å². The lowest BCUT2D eigenvalue weighted by molar-refractivity contribution is -0.133. The normalized spacial score (nSPS) is 14.6. The van der Waals surface area contributed by atoms with Gasteiger partial charge in [-0.05, 0) is 124 Å². The number of imide groups is 1. The van der Waals surface area contributed by atoms with Gasteiger partial charge < -0.3 is 44.7 Å². The average Bonchev–Trinajstić information content (AvgIpc) is 4.08. The summed E-state index contributed by atoms with van der Waals surface area (Å²) < 4.78 is 23.4. The number of nitrogens with zero attached hydrogens (tertiary/aromatic N) is 7. The van der Waals surface area contributed by atoms with Crippen LogP contribution in [-0.4, -0.2) is 124 Å². The Morgan fingerprint density at radius 3 is 2.43 bits per heavy atom. The lowest BCUT2D eigenvalue weighted by Crippen LogP contribution is -2.43. The fourth-order valence-electron chi connectivity index (χ4n) is 9.58. The molecule has 2 aliphatic heterocycles. The number of hydrogen-bond acceptors (Lipinski definition) is 11. The molecule has 0 spiro atoms. The fraction of sp³-hybridized carbons (Fsp3) is 0.385. The first-order chi connectivity index (χ1) is 33.6. The Hall–Kier alpha value is -7.47. The van der Waals surface area contributed by atoms with E-state index in [2.05, 4.69) is 30.0 Å². The number of amides is 4. The van der Waals surface area contributed by atoms with Crippen LogP contribution in [-0.2, 0) is 20.9 Å². The second-order valence-electron chi connectivity index (χ2n) is 18.3. The molecule has 0 saturated carbocycles. The van der Waals surface area contributed by atoms with Crippen molar-refractivity contribution < 1.29 is 43.6 Å². The number of piperidine rings is 1. The molecule has 6 aromatic rings. The summed E-state index contributed by atoms with van der Waals surface area (Å²) >= 11 is 0. The molecule has 5 heterocycles. The summed E-state index contributed by atoms with van der Waals surface area (Å²) in [4.78, 5) is 62.3. The van der Waals surface area contributed by atoms with Gasteiger partial charge in [0.05, 0.1) is 28.8 Å². The summed E-state index contributed by atoms with van der Waals surface area (Å²) in [6.45, 7) is 14.9. The van der Waals surface area contributed by atoms with Crippen LogP contribution in [0.5, 0.6) is 17.5 Å². The number of rotatable bonds is 16. The second kappa shape index (κ2) is 20.6. The Morgan fingerprint density at radius 1 is 0.943 bits per heavy atom. The largest absolute Gasteiger partial charge is 0.508 e. The van der Waals surface area contributed by atoms with E-state index in [0.29, 0.717) is 83.7 Å². The van der Waals surface area contributed by atoms with Crippen molar-refractivity contribution in [2.24, 2.45) is 5.92 Å². The highest BCUT2D eigenvalue weighted by Gasteiger charge is 2.32. The van der Waals surface area contributed by atoms with Crippen molar-refractivity contribution in [2.75, 3.05) is 51.2 Å². The molecule has 3 aromatic carbocycles. The van der Waals surface area contributed by atoms with Crippen molar-refractivity contribution >= 4 is 52.1 Å². The number of nitrogens with one attached hydrogen (secondary N) is 2. The van der Waals surface area contributed by atoms with Gasteiger partial charge in [-0.25, -0.2) is 18.7 Å². The zero-order valence-electron chi connectivity index (χ0n) is 40.4. The van der Waals surface area contributed by atoms with E-state index in [1.54, 1.807) is 30.9 Å². The Balaban J connectivity index is 0.854. The molecule has 1 saturated heterocycles. The van der Waals surface area contributed by atoms with E-state index in [4.69, 9.17) is 4.74 Å². The van der Waals surface area contributed by atoms with Crippen molar-refractivity contribution in [2.45, 2.75) is 79.7 Å². The summed E-state index contributed by atoms with van der Waals surface area (Å²) in [6.07, 6.45) is 5.27. The molecular weight excluding hydrogens is 898 g/mol. The highest BCUT2D eigenvalue weighted by molar-refractivity contribution is 6.35. The number of ether oxygens (including phenoxy) is 1. The molecule has 4 amide bonds. The van der Waals surface area contributed by atoms with Crippen LogP contribution >= 0.6 is 0 Å². The average molecular weight is 958 g/mol. The van der Waals surface area contributed by atoms with Gasteiger partial charge in [0, 0.05) is 78.5 Å². The van der Waals surface area contributed by atoms with Crippen LogP contribution in [0.4, 0.5) is 14.9 Å². The van der Waals surface area contributed by atoms with Gasteiger partial charge >= 0.3 is 12.1 Å². The van der Waals surface area contributed by atoms with Crippen molar-refractivity contribution in [3.05, 3.63) is 100 Å². The fourth-order valence-corrected chi connectivity index (χ4v) is 9.58. The summed E-state index contributed by atoms with van der Waals surface area (Å²) in [7, 11) is 0. The van der Waals surface area contributed by atoms with E-state index in [1.807, 2.05) is 58.2 Å². The van der Waals surface area contributed by atoms with E-state index in [-0.39, 0.29) is 65.9 Å². The van der Waals surface area contributed by atoms with Gasteiger partial charge in [0.15, 0.2) is 5.82 Å². The SMILES string of the molecule is CCN(CC)CCN(C(=O)OCCC(=O)N1CCC(CCn2ccc3cc(-n4c(O)nnc4-c4cc(C(C)C)c(O)cc4O)ccc32)CC1)C(=O)c1c(C)[nH]c(/C=C2\C(=O)Nc3ccc(F)cc32)c1C. The second-order valence-corrected chi connectivity index (χ2v) is 18.3. The number of aromatic amines is 1. The number of likely N-dealkylation sites (tertiary alicyclic amines) is 1. The zero-order chi connectivity index (χ0) is 50.0. The molecule has 368 valence electrons. The third-order valence-corrected chi connectivity index (χ3v) is 13.7. The topological polar surface area (TPSA) is 211 Å². The molecule has 0 bridgehead atoms. The first-order valence-corrected chi connectivity index (χ1v) is 23.9. The number of aromatic hydroxyl groups is 3. The van der Waals surface area contributed by atoms with Crippen LogP contribution in [0.2, 0.25) is 0 Å². The number of anilines is 1. The van der Waals surface area contributed by atoms with Gasteiger partial charge in [-0.15, -0.1) is 5.10 Å². The lowest BCUT2D eigenvalue weighted by atomic mass is 9.93. The number of phenolic OH excluding ortho intramolecular Hbond substituents is 2. The van der Waals surface area contributed by atoms with Gasteiger partial charge in [0.25, 0.3) is 11.8 Å². The predicted molar refractivity (Wildman–Crippen MR) is 263 cm³/mol. The molecule has 17 nitrogen and oxygen atoms in total. The van der Waals surface area contributed by atoms with Gasteiger partial charge in [0.2, 0.25) is 5.91 Å². The third kappa shape index (κ3) is 9.99. The van der Waals surface area contributed by atoms with Crippen LogP contribution in [0.25, 0.3) is 39.6 Å². The molecule has 2 aliphatic rings. The maximum absolute atomic E-state index is 14.2. The number of carbonyl (C=O) groups excluding carboxylic acids is 4. The Bertz CT molecular complexity index is 2990. The Labute approximate surface area is 405 Å². The summed E-state index contributed by atoms with van der Waals surface area (Å²) in [6, 6.07) is 14.4. The van der Waals surface area contributed by atoms with E-state index < -0.39 is 23.7 Å². The summed E-state index contributed by atoms with van der Waals surface area (Å²) in [5.74, 6) is -1.20. The lowest BCUT2D eigenvalue weighted by Gasteiger charge is -2.32. The molecule has 5 N–H and O–H groups in total. The molecule has 8 rings (SSSR count). The van der Waals surface area contributed by atoms with Crippen molar-refractivity contribution in [3.63, 3.8) is 0 Å². The molecular formula is C52H60FN9O8. The van der Waals surface area contributed by atoms with Crippen LogP contribution in [0, 0.1) is 25.6 Å². The van der Waals surface area contributed by atoms with Crippen LogP contribution in [0.15, 0.2) is 60.8 Å². The molecule has 0 radical (unpaired) electrons. The minimum Gasteiger partial charge on any atom is -0.508 e. The number of fused-ring (bicyclic) bond motifs is 2. The maximum atomic E-state index is 14.2. The van der Waals surface area contributed by atoms with Crippen LogP contribution in [0.3, 0.4) is 0 Å². The third-order valence-electron chi connectivity index (χ3n) is 13.7. The van der Waals surface area contributed by atoms with E-state index in [0.717, 1.165) is 41.6 Å². The van der Waals surface area contributed by atoms with Crippen LogP contribution < -0.4 is 5.32 Å². The molecule has 0 unspecified atom stereocenters. The minimum atomic E-state index is -0.854. The number of benzene rings is 3. The molecule has 0 aliphatic carbocycles. The summed E-state index contributed by atoms with van der Waals surface area (Å²) in [5, 5.41) is 43.6. The number of H-pyrrole nitrogens is 1. The predicted octanol–water partition coefficient (Wildman–Crippen LogP) is 8.35. The molecule has 3 aromatic heterocycles. The van der Waals surface area contributed by atoms with Crippen molar-refractivity contribution in [1.29, 1.82) is 0 Å². The number of phenols is 2. The standard InChI is InChI=1S/C52H60FN9O8/c1-7-58(8-2)22-23-61(50(67)47-31(5)42(54-32(47)6)28-39-38-26-35(53)9-11-41(38)55-49(39)66)52(69)70-24-17-46(65)60-19-14-33(15-20-60)13-18-59-21-16-34-25-36(10-12-43(34)59)62-48(56-57-51(62)68)40-27-37(30(3)4)44(63)29-45(40)64/h9-12,16,21,25-30,33,54,63-64H,7-8,13-15,17-20,22-24H2,1-6H3,(H,55,66)(H,57,68)/b39-28-. The highest BCUT2D eigenvalue weighted by Crippen LogP contribution is 2.40. The first kappa shape index (κ1) is 49.0. The van der Waals surface area contributed by atoms with Gasteiger partial charge in [-0.3, -0.25) is 14.4 Å². The highest BCUT2D eigenvalue weighted by atomic mass is 19.1. The molecule has 1 fully saturated rings. The molecule has 70 heavy (non-hydrogen) atoms. The van der Waals surface area contributed by atoms with Crippen molar-refractivity contribution in [1.82, 2.24) is 39.0 Å². The van der Waals surface area contributed by atoms with Gasteiger partial charge in [-0.1, -0.05) is 32.8 Å². The Morgan fingerprint density at radius 2 is 1.70 bits per heavy atom. The molecule has 0 atom stereocenters. The van der Waals surface area contributed by atoms with Crippen LogP contribution in [0.1, 0.15) is 97.7 Å². The Kier molecular flexibility index (Phi) is 14.4. The quantitative estimate of drug-likeness (QED) is 0.0582. The van der Waals surface area contributed by atoms with Crippen molar-refractivity contribution in [3.8, 4) is 34.6 Å². The van der Waals surface area contributed by atoms with E-state index >= 15 is 0 Å². The zero-order valence-corrected chi connectivity index (χ0v) is 40.4. The number of aryl methyl sites for hydroxylation is 2. The summed E-state index contributed by atoms with van der Waals surface area (Å²) in [5.41, 5.74) is 5.43. The minimum absolute atomic E-state index is 0.0235. The number of halogens is 1. The maximum Gasteiger partial charge on any atom is 0.416 e. The number of hydrogen-bond donors (Lipinski definition) is 5. The first-order valence-electron chi connectivity index (χ1n) is 23.9.